The summed E-state index contributed by atoms with van der Waals surface area (Å²) in [6.07, 6.45) is 4.71. The Kier molecular flexibility index (Phi) is 6.10. The minimum absolute atomic E-state index is 0.441. The Morgan fingerprint density at radius 3 is 2.60 bits per heavy atom. The maximum Gasteiger partial charge on any atom is 0.509 e. The van der Waals surface area contributed by atoms with Crippen LogP contribution in [-0.2, 0) is 19.1 Å². The van der Waals surface area contributed by atoms with Crippen molar-refractivity contribution in [2.45, 2.75) is 57.3 Å². The second-order valence-corrected chi connectivity index (χ2v) is 4.85. The van der Waals surface area contributed by atoms with Crippen molar-refractivity contribution in [3.63, 3.8) is 0 Å². The van der Waals surface area contributed by atoms with Gasteiger partial charge in [0.15, 0.2) is 5.60 Å². The molecule has 0 aliphatic carbocycles. The van der Waals surface area contributed by atoms with Gasteiger partial charge in [-0.15, -0.1) is 0 Å². The first-order chi connectivity index (χ1) is 9.54. The van der Waals surface area contributed by atoms with Gasteiger partial charge in [-0.25, -0.2) is 19.4 Å². The second-order valence-electron chi connectivity index (χ2n) is 4.85. The Morgan fingerprint density at radius 2 is 2.05 bits per heavy atom. The van der Waals surface area contributed by atoms with E-state index in [1.165, 1.54) is 12.2 Å². The van der Waals surface area contributed by atoms with Gasteiger partial charge in [0.05, 0.1) is 6.54 Å². The molecule has 1 rings (SSSR count). The highest BCUT2D eigenvalue weighted by atomic mass is 16.8. The van der Waals surface area contributed by atoms with E-state index >= 15 is 0 Å². The molecule has 0 saturated carbocycles. The van der Waals surface area contributed by atoms with Crippen molar-refractivity contribution in [2.24, 2.45) is 9.98 Å². The van der Waals surface area contributed by atoms with Gasteiger partial charge < -0.3 is 9.47 Å². The summed E-state index contributed by atoms with van der Waals surface area (Å²) in [6.45, 7) is 3.85. The molecule has 1 aliphatic rings. The predicted octanol–water partition coefficient (Wildman–Crippen LogP) is 1.90. The van der Waals surface area contributed by atoms with Crippen LogP contribution in [0.2, 0.25) is 0 Å². The summed E-state index contributed by atoms with van der Waals surface area (Å²) in [7, 11) is 0. The lowest BCUT2D eigenvalue weighted by Crippen LogP contribution is -2.45. The molecule has 0 aromatic heterocycles. The summed E-state index contributed by atoms with van der Waals surface area (Å²) in [5, 5.41) is 0. The molecule has 0 aromatic carbocycles. The first kappa shape index (κ1) is 16.1. The van der Waals surface area contributed by atoms with Crippen molar-refractivity contribution < 1.29 is 23.9 Å². The lowest BCUT2D eigenvalue weighted by Gasteiger charge is -2.29. The Bertz CT molecular complexity index is 440. The smallest absolute Gasteiger partial charge is 0.427 e. The molecule has 1 saturated heterocycles. The van der Waals surface area contributed by atoms with Gasteiger partial charge in [-0.3, -0.25) is 0 Å². The first-order valence-electron chi connectivity index (χ1n) is 6.55. The molecule has 20 heavy (non-hydrogen) atoms. The third-order valence-corrected chi connectivity index (χ3v) is 3.57. The van der Waals surface area contributed by atoms with Crippen molar-refractivity contribution in [3.05, 3.63) is 0 Å². The Hall–Kier alpha value is -1.97. The van der Waals surface area contributed by atoms with E-state index in [4.69, 9.17) is 9.47 Å². The van der Waals surface area contributed by atoms with Crippen LogP contribution in [0.5, 0.6) is 0 Å². The zero-order chi connectivity index (χ0) is 15.0. The Labute approximate surface area is 117 Å². The lowest BCUT2D eigenvalue weighted by molar-refractivity contribution is 0.0255. The lowest BCUT2D eigenvalue weighted by atomic mass is 9.88. The maximum atomic E-state index is 11.2. The van der Waals surface area contributed by atoms with Crippen LogP contribution in [0.4, 0.5) is 4.79 Å². The molecular formula is C13H18N2O5. The van der Waals surface area contributed by atoms with Crippen molar-refractivity contribution >= 4 is 18.3 Å². The fraction of sp³-hybridized carbons (Fsp3) is 0.769. The summed E-state index contributed by atoms with van der Waals surface area (Å²) in [5.74, 6) is 0. The molecule has 1 heterocycles. The molecule has 0 spiro atoms. The van der Waals surface area contributed by atoms with Crippen molar-refractivity contribution in [1.29, 1.82) is 0 Å². The van der Waals surface area contributed by atoms with Crippen LogP contribution < -0.4 is 0 Å². The quantitative estimate of drug-likeness (QED) is 0.293. The monoisotopic (exact) mass is 282 g/mol. The topological polar surface area (TPSA) is 94.4 Å². The largest absolute Gasteiger partial charge is 0.509 e. The number of ether oxygens (including phenoxy) is 2. The van der Waals surface area contributed by atoms with Crippen LogP contribution in [0, 0.1) is 0 Å². The van der Waals surface area contributed by atoms with Crippen molar-refractivity contribution in [3.8, 4) is 0 Å². The highest BCUT2D eigenvalue weighted by molar-refractivity contribution is 5.63. The molecule has 0 bridgehead atoms. The van der Waals surface area contributed by atoms with Crippen molar-refractivity contribution in [1.82, 2.24) is 0 Å². The van der Waals surface area contributed by atoms with Gasteiger partial charge in [-0.1, -0.05) is 12.8 Å². The number of carbonyl (C=O) groups is 1. The molecule has 1 aliphatic heterocycles. The SMILES string of the molecule is CC1OC(=O)OC1(C)C(CCCCCN=C=O)N=C=O. The average Bonchev–Trinajstić information content (AvgIpc) is 2.66. The van der Waals surface area contributed by atoms with E-state index in [1.54, 1.807) is 13.8 Å². The summed E-state index contributed by atoms with van der Waals surface area (Å²) in [4.78, 5) is 38.8. The molecular weight excluding hydrogens is 264 g/mol. The van der Waals surface area contributed by atoms with Crippen LogP contribution in [-0.4, -0.2) is 42.6 Å². The third-order valence-electron chi connectivity index (χ3n) is 3.57. The number of aliphatic imine (C=N–C) groups is 2. The molecule has 1 fully saturated rings. The molecule has 0 amide bonds. The van der Waals surface area contributed by atoms with Gasteiger partial charge in [-0.2, -0.15) is 4.99 Å². The molecule has 3 unspecified atom stereocenters. The number of hydrogen-bond acceptors (Lipinski definition) is 7. The van der Waals surface area contributed by atoms with E-state index in [0.717, 1.165) is 19.3 Å². The fourth-order valence-corrected chi connectivity index (χ4v) is 2.18. The normalized spacial score (nSPS) is 25.9. The molecule has 110 valence electrons. The van der Waals surface area contributed by atoms with Gasteiger partial charge in [0.2, 0.25) is 12.2 Å². The molecule has 7 heteroatoms. The van der Waals surface area contributed by atoms with Crippen LogP contribution in [0.15, 0.2) is 9.98 Å². The summed E-state index contributed by atoms with van der Waals surface area (Å²) < 4.78 is 10.1. The Morgan fingerprint density at radius 1 is 1.30 bits per heavy atom. The minimum atomic E-state index is -0.949. The van der Waals surface area contributed by atoms with E-state index in [2.05, 4.69) is 9.98 Å². The number of isocyanates is 2. The highest BCUT2D eigenvalue weighted by Gasteiger charge is 2.50. The summed E-state index contributed by atoms with van der Waals surface area (Å²) >= 11 is 0. The zero-order valence-electron chi connectivity index (χ0n) is 11.6. The van der Waals surface area contributed by atoms with Gasteiger partial charge in [-0.05, 0) is 26.7 Å². The number of unbranched alkanes of at least 4 members (excludes halogenated alkanes) is 2. The van der Waals surface area contributed by atoms with Crippen LogP contribution >= 0.6 is 0 Å². The maximum absolute atomic E-state index is 11.2. The van der Waals surface area contributed by atoms with E-state index in [0.29, 0.717) is 13.0 Å². The first-order valence-corrected chi connectivity index (χ1v) is 6.55. The second kappa shape index (κ2) is 7.58. The van der Waals surface area contributed by atoms with Crippen LogP contribution in [0.25, 0.3) is 0 Å². The molecule has 7 nitrogen and oxygen atoms in total. The van der Waals surface area contributed by atoms with E-state index in [9.17, 15) is 14.4 Å². The van der Waals surface area contributed by atoms with E-state index in [-0.39, 0.29) is 0 Å². The zero-order valence-corrected chi connectivity index (χ0v) is 11.6. The minimum Gasteiger partial charge on any atom is -0.427 e. The van der Waals surface area contributed by atoms with Crippen LogP contribution in [0.3, 0.4) is 0 Å². The van der Waals surface area contributed by atoms with E-state index < -0.39 is 23.9 Å². The number of nitrogens with zero attached hydrogens (tertiary/aromatic N) is 2. The highest BCUT2D eigenvalue weighted by Crippen LogP contribution is 2.34. The van der Waals surface area contributed by atoms with Crippen molar-refractivity contribution in [2.75, 3.05) is 6.54 Å². The number of carbonyl (C=O) groups excluding carboxylic acids is 3. The summed E-state index contributed by atoms with van der Waals surface area (Å²) in [6, 6.07) is -0.490. The average molecular weight is 282 g/mol. The van der Waals surface area contributed by atoms with Gasteiger partial charge in [0.25, 0.3) is 0 Å². The van der Waals surface area contributed by atoms with Gasteiger partial charge in [0.1, 0.15) is 12.1 Å². The molecule has 3 atom stereocenters. The predicted molar refractivity (Wildman–Crippen MR) is 68.8 cm³/mol. The molecule has 0 radical (unpaired) electrons. The molecule has 0 N–H and O–H groups in total. The molecule has 0 aromatic rings. The number of cyclic esters (lactones) is 2. The van der Waals surface area contributed by atoms with Gasteiger partial charge >= 0.3 is 6.16 Å². The number of hydrogen-bond donors (Lipinski definition) is 0. The summed E-state index contributed by atoms with van der Waals surface area (Å²) in [5.41, 5.74) is -0.949. The Balaban J connectivity index is 2.54. The standard InChI is InChI=1S/C13H18N2O5/c1-10-13(2,20-12(18)19-10)11(15-9-17)6-4-3-5-7-14-8-16/h10-11H,3-7H2,1-2H3. The van der Waals surface area contributed by atoms with Gasteiger partial charge in [0, 0.05) is 0 Å². The van der Waals surface area contributed by atoms with Crippen LogP contribution in [0.1, 0.15) is 39.5 Å². The van der Waals surface area contributed by atoms with E-state index in [1.807, 2.05) is 0 Å². The third kappa shape index (κ3) is 4.02. The number of rotatable bonds is 8. The fourth-order valence-electron chi connectivity index (χ4n) is 2.18.